The molecule has 18 heavy (non-hydrogen) atoms. The number of nitrogens with one attached hydrogen (secondary N) is 1. The zero-order valence-corrected chi connectivity index (χ0v) is 10.6. The van der Waals surface area contributed by atoms with E-state index in [1.165, 1.54) is 12.3 Å². The lowest BCUT2D eigenvalue weighted by atomic mass is 10.3. The quantitative estimate of drug-likeness (QED) is 0.894. The van der Waals surface area contributed by atoms with Gasteiger partial charge < -0.3 is 14.8 Å². The summed E-state index contributed by atoms with van der Waals surface area (Å²) in [5, 5.41) is 12.8. The van der Waals surface area contributed by atoms with Crippen molar-refractivity contribution in [1.29, 1.82) is 0 Å². The largest absolute Gasteiger partial charge is 0.478 e. The second-order valence-corrected chi connectivity index (χ2v) is 4.43. The summed E-state index contributed by atoms with van der Waals surface area (Å²) in [6.07, 6.45) is 1.20. The summed E-state index contributed by atoms with van der Waals surface area (Å²) in [5.41, 5.74) is 0.823. The molecule has 0 amide bonds. The highest BCUT2D eigenvalue weighted by atomic mass is 35.5. The van der Waals surface area contributed by atoms with Crippen LogP contribution in [0, 0.1) is 0 Å². The molecule has 1 heterocycles. The Bertz CT molecular complexity index is 580. The summed E-state index contributed by atoms with van der Waals surface area (Å²) in [7, 11) is 0. The zero-order chi connectivity index (χ0) is 13.1. The molecule has 0 aliphatic rings. The lowest BCUT2D eigenvalue weighted by Crippen LogP contribution is -1.99. The van der Waals surface area contributed by atoms with E-state index in [9.17, 15) is 4.79 Å². The van der Waals surface area contributed by atoms with Crippen molar-refractivity contribution in [2.75, 3.05) is 5.32 Å². The zero-order valence-electron chi connectivity index (χ0n) is 9.11. The van der Waals surface area contributed by atoms with Gasteiger partial charge in [0.1, 0.15) is 12.0 Å². The van der Waals surface area contributed by atoms with Crippen molar-refractivity contribution >= 4 is 34.9 Å². The lowest BCUT2D eigenvalue weighted by Gasteiger charge is -2.06. The van der Waals surface area contributed by atoms with E-state index < -0.39 is 5.97 Å². The summed E-state index contributed by atoms with van der Waals surface area (Å²) in [4.78, 5) is 10.7. The van der Waals surface area contributed by atoms with E-state index in [-0.39, 0.29) is 5.56 Å². The number of carboxylic acids is 1. The Morgan fingerprint density at radius 2 is 2.11 bits per heavy atom. The summed E-state index contributed by atoms with van der Waals surface area (Å²) >= 11 is 11.8. The number of carbonyl (C=O) groups is 1. The molecule has 1 aromatic heterocycles. The van der Waals surface area contributed by atoms with E-state index in [2.05, 4.69) is 5.32 Å². The van der Waals surface area contributed by atoms with E-state index in [4.69, 9.17) is 32.7 Å². The molecule has 0 atom stereocenters. The Labute approximate surface area is 113 Å². The smallest absolute Gasteiger partial charge is 0.338 e. The van der Waals surface area contributed by atoms with Crippen LogP contribution >= 0.6 is 23.2 Å². The topological polar surface area (TPSA) is 62.5 Å². The molecule has 0 fully saturated rings. The van der Waals surface area contributed by atoms with Gasteiger partial charge in [0.15, 0.2) is 0 Å². The van der Waals surface area contributed by atoms with E-state index >= 15 is 0 Å². The normalized spacial score (nSPS) is 10.3. The van der Waals surface area contributed by atoms with Crippen molar-refractivity contribution in [2.45, 2.75) is 6.54 Å². The van der Waals surface area contributed by atoms with Gasteiger partial charge in [-0.15, -0.1) is 0 Å². The van der Waals surface area contributed by atoms with Crippen molar-refractivity contribution in [2.24, 2.45) is 0 Å². The second-order valence-electron chi connectivity index (χ2n) is 3.58. The minimum Gasteiger partial charge on any atom is -0.478 e. The first kappa shape index (κ1) is 12.8. The molecule has 4 nitrogen and oxygen atoms in total. The fourth-order valence-corrected chi connectivity index (χ4v) is 1.88. The fourth-order valence-electron chi connectivity index (χ4n) is 1.40. The van der Waals surface area contributed by atoms with Gasteiger partial charge >= 0.3 is 5.97 Å². The van der Waals surface area contributed by atoms with E-state index in [0.717, 1.165) is 0 Å². The first-order chi connectivity index (χ1) is 8.56. The van der Waals surface area contributed by atoms with Crippen LogP contribution in [-0.2, 0) is 6.54 Å². The maximum Gasteiger partial charge on any atom is 0.338 e. The Kier molecular flexibility index (Phi) is 3.79. The maximum absolute atomic E-state index is 10.7. The number of rotatable bonds is 4. The molecule has 0 unspecified atom stereocenters. The van der Waals surface area contributed by atoms with Crippen LogP contribution in [0.3, 0.4) is 0 Å². The minimum atomic E-state index is -1.02. The molecule has 0 saturated carbocycles. The Hall–Kier alpha value is -1.65. The predicted octanol–water partition coefficient (Wildman–Crippen LogP) is 3.90. The monoisotopic (exact) mass is 285 g/mol. The lowest BCUT2D eigenvalue weighted by molar-refractivity contribution is 0.0696. The summed E-state index contributed by atoms with van der Waals surface area (Å²) in [5.74, 6) is -0.507. The highest BCUT2D eigenvalue weighted by Crippen LogP contribution is 2.25. The molecular formula is C12H9Cl2NO3. The van der Waals surface area contributed by atoms with Crippen molar-refractivity contribution in [3.63, 3.8) is 0 Å². The molecule has 0 saturated heterocycles. The molecular weight excluding hydrogens is 277 g/mol. The van der Waals surface area contributed by atoms with Crippen LogP contribution in [0.4, 0.5) is 5.69 Å². The van der Waals surface area contributed by atoms with E-state index in [1.807, 2.05) is 0 Å². The molecule has 1 aromatic carbocycles. The van der Waals surface area contributed by atoms with E-state index in [1.54, 1.807) is 18.2 Å². The SMILES string of the molecule is O=C(O)c1coc(CNc2ccc(Cl)cc2Cl)c1. The first-order valence-corrected chi connectivity index (χ1v) is 5.81. The van der Waals surface area contributed by atoms with Crippen LogP contribution in [0.25, 0.3) is 0 Å². The average Bonchev–Trinajstić information content (AvgIpc) is 2.76. The number of aromatic carboxylic acids is 1. The molecule has 6 heteroatoms. The molecule has 0 radical (unpaired) electrons. The highest BCUT2D eigenvalue weighted by Gasteiger charge is 2.08. The number of benzene rings is 1. The van der Waals surface area contributed by atoms with Crippen LogP contribution in [0.5, 0.6) is 0 Å². The van der Waals surface area contributed by atoms with Crippen molar-refractivity contribution < 1.29 is 14.3 Å². The van der Waals surface area contributed by atoms with Crippen molar-refractivity contribution in [3.8, 4) is 0 Å². The second kappa shape index (κ2) is 5.33. The van der Waals surface area contributed by atoms with E-state index in [0.29, 0.717) is 28.0 Å². The van der Waals surface area contributed by atoms with Crippen molar-refractivity contribution in [1.82, 2.24) is 0 Å². The molecule has 0 aliphatic carbocycles. The van der Waals surface area contributed by atoms with Gasteiger partial charge in [-0.25, -0.2) is 4.79 Å². The summed E-state index contributed by atoms with van der Waals surface area (Å²) < 4.78 is 5.10. The standard InChI is InChI=1S/C12H9Cl2NO3/c13-8-1-2-11(10(14)4-8)15-5-9-3-7(6-18-9)12(16)17/h1-4,6,15H,5H2,(H,16,17). The fraction of sp³-hybridized carbons (Fsp3) is 0.0833. The Morgan fingerprint density at radius 1 is 1.33 bits per heavy atom. The number of hydrogen-bond acceptors (Lipinski definition) is 3. The number of hydrogen-bond donors (Lipinski definition) is 2. The number of anilines is 1. The molecule has 0 spiro atoms. The van der Waals surface area contributed by atoms with Gasteiger partial charge in [-0.05, 0) is 24.3 Å². The predicted molar refractivity (Wildman–Crippen MR) is 69.5 cm³/mol. The van der Waals surface area contributed by atoms with Gasteiger partial charge in [0, 0.05) is 5.02 Å². The highest BCUT2D eigenvalue weighted by molar-refractivity contribution is 6.36. The Balaban J connectivity index is 2.04. The van der Waals surface area contributed by atoms with Crippen LogP contribution in [0.1, 0.15) is 16.1 Å². The van der Waals surface area contributed by atoms with Gasteiger partial charge in [-0.2, -0.15) is 0 Å². The molecule has 0 bridgehead atoms. The average molecular weight is 286 g/mol. The van der Waals surface area contributed by atoms with Gasteiger partial charge in [-0.3, -0.25) is 0 Å². The molecule has 2 N–H and O–H groups in total. The number of halogens is 2. The first-order valence-electron chi connectivity index (χ1n) is 5.06. The third-order valence-electron chi connectivity index (χ3n) is 2.28. The van der Waals surface area contributed by atoms with Crippen LogP contribution in [0.2, 0.25) is 10.0 Å². The third kappa shape index (κ3) is 2.97. The van der Waals surface area contributed by atoms with Crippen LogP contribution in [-0.4, -0.2) is 11.1 Å². The molecule has 0 aliphatic heterocycles. The van der Waals surface area contributed by atoms with Gasteiger partial charge in [-0.1, -0.05) is 23.2 Å². The Morgan fingerprint density at radius 3 is 2.72 bits per heavy atom. The number of carboxylic acid groups (broad SMARTS) is 1. The van der Waals surface area contributed by atoms with Gasteiger partial charge in [0.2, 0.25) is 0 Å². The number of furan rings is 1. The molecule has 2 aromatic rings. The minimum absolute atomic E-state index is 0.119. The molecule has 94 valence electrons. The maximum atomic E-state index is 10.7. The van der Waals surface area contributed by atoms with Gasteiger partial charge in [0.25, 0.3) is 0 Å². The van der Waals surface area contributed by atoms with Gasteiger partial charge in [0.05, 0.1) is 22.8 Å². The van der Waals surface area contributed by atoms with Crippen molar-refractivity contribution in [3.05, 3.63) is 51.9 Å². The third-order valence-corrected chi connectivity index (χ3v) is 2.83. The van der Waals surface area contributed by atoms with Crippen LogP contribution < -0.4 is 5.32 Å². The summed E-state index contributed by atoms with van der Waals surface area (Å²) in [6.45, 7) is 0.342. The molecule has 2 rings (SSSR count). The van der Waals surface area contributed by atoms with Crippen LogP contribution in [0.15, 0.2) is 34.9 Å². The summed E-state index contributed by atoms with van der Waals surface area (Å²) in [6, 6.07) is 6.53.